The number of benzene rings is 2. The summed E-state index contributed by atoms with van der Waals surface area (Å²) < 4.78 is 48.2. The number of rotatable bonds is 7. The van der Waals surface area contributed by atoms with E-state index in [2.05, 4.69) is 4.98 Å². The first-order chi connectivity index (χ1) is 18.4. The summed E-state index contributed by atoms with van der Waals surface area (Å²) in [4.78, 5) is 41.8. The normalized spacial score (nSPS) is 11.2. The molecule has 0 saturated carbocycles. The minimum absolute atomic E-state index is 0.0214. The van der Waals surface area contributed by atoms with Gasteiger partial charge in [-0.3, -0.25) is 9.59 Å². The number of nitrogens with zero attached hydrogens (tertiary/aromatic N) is 3. The molecule has 4 aromatic rings. The number of aromatic nitrogens is 2. The standard InChI is InChI=1S/C28H22F3N3O5/c1-17-6-8-19(9-7-17)26(36)33(2)23-11-10-20(14-21(23)27(37)38)39-25-22(28(29,30)31)13-18(15-32-25)16-34-12-4-3-5-24(34)35/h3-15H,16H2,1-2H3,(H,37,38). The first-order valence-corrected chi connectivity index (χ1v) is 11.6. The number of carboxylic acids is 1. The Morgan fingerprint density at radius 1 is 1.05 bits per heavy atom. The summed E-state index contributed by atoms with van der Waals surface area (Å²) in [5.74, 6) is -2.90. The second kappa shape index (κ2) is 10.8. The largest absolute Gasteiger partial charge is 0.478 e. The van der Waals surface area contributed by atoms with E-state index in [9.17, 15) is 32.7 Å². The lowest BCUT2D eigenvalue weighted by Gasteiger charge is -2.20. The van der Waals surface area contributed by atoms with Crippen molar-refractivity contribution in [3.05, 3.63) is 117 Å². The van der Waals surface area contributed by atoms with Gasteiger partial charge in [-0.1, -0.05) is 23.8 Å². The number of ether oxygens (including phenoxy) is 1. The van der Waals surface area contributed by atoms with Crippen LogP contribution in [0.1, 0.15) is 37.4 Å². The van der Waals surface area contributed by atoms with Crippen LogP contribution >= 0.6 is 0 Å². The predicted molar refractivity (Wildman–Crippen MR) is 136 cm³/mol. The third-order valence-corrected chi connectivity index (χ3v) is 5.84. The van der Waals surface area contributed by atoms with Crippen LogP contribution in [-0.4, -0.2) is 33.6 Å². The van der Waals surface area contributed by atoms with E-state index in [4.69, 9.17) is 4.74 Å². The second-order valence-corrected chi connectivity index (χ2v) is 8.68. The van der Waals surface area contributed by atoms with Gasteiger partial charge in [-0.2, -0.15) is 13.2 Å². The average Bonchev–Trinajstić information content (AvgIpc) is 2.90. The monoisotopic (exact) mass is 537 g/mol. The number of aromatic carboxylic acids is 1. The fourth-order valence-corrected chi connectivity index (χ4v) is 3.81. The van der Waals surface area contributed by atoms with Crippen LogP contribution in [0.15, 0.2) is 83.9 Å². The van der Waals surface area contributed by atoms with Gasteiger partial charge in [-0.15, -0.1) is 0 Å². The van der Waals surface area contributed by atoms with Crippen LogP contribution in [-0.2, 0) is 12.7 Å². The Balaban J connectivity index is 1.65. The maximum atomic E-state index is 13.9. The molecule has 0 spiro atoms. The van der Waals surface area contributed by atoms with Crippen molar-refractivity contribution in [1.29, 1.82) is 0 Å². The van der Waals surface area contributed by atoms with E-state index in [1.807, 2.05) is 6.92 Å². The van der Waals surface area contributed by atoms with Crippen molar-refractivity contribution >= 4 is 17.6 Å². The molecular formula is C28H22F3N3O5. The maximum Gasteiger partial charge on any atom is 0.421 e. The molecule has 200 valence electrons. The first kappa shape index (κ1) is 27.1. The van der Waals surface area contributed by atoms with Gasteiger partial charge in [0.05, 0.1) is 17.8 Å². The van der Waals surface area contributed by atoms with Crippen LogP contribution in [0.4, 0.5) is 18.9 Å². The van der Waals surface area contributed by atoms with Crippen molar-refractivity contribution in [2.24, 2.45) is 0 Å². The highest BCUT2D eigenvalue weighted by atomic mass is 19.4. The number of carbonyl (C=O) groups is 2. The zero-order valence-corrected chi connectivity index (χ0v) is 20.8. The Morgan fingerprint density at radius 3 is 2.41 bits per heavy atom. The third kappa shape index (κ3) is 6.15. The zero-order chi connectivity index (χ0) is 28.3. The highest BCUT2D eigenvalue weighted by Gasteiger charge is 2.36. The second-order valence-electron chi connectivity index (χ2n) is 8.68. The van der Waals surface area contributed by atoms with Gasteiger partial charge in [0.15, 0.2) is 0 Å². The van der Waals surface area contributed by atoms with E-state index in [0.29, 0.717) is 5.56 Å². The molecule has 11 heteroatoms. The van der Waals surface area contributed by atoms with Gasteiger partial charge in [-0.25, -0.2) is 9.78 Å². The SMILES string of the molecule is Cc1ccc(C(=O)N(C)c2ccc(Oc3ncc(Cn4ccccc4=O)cc3C(F)(F)F)cc2C(=O)O)cc1. The number of pyridine rings is 2. The lowest BCUT2D eigenvalue weighted by atomic mass is 10.1. The topological polar surface area (TPSA) is 102 Å². The lowest BCUT2D eigenvalue weighted by Crippen LogP contribution is -2.28. The Bertz CT molecular complexity index is 1600. The number of hydrogen-bond acceptors (Lipinski definition) is 5. The molecule has 0 saturated heterocycles. The van der Waals surface area contributed by atoms with E-state index < -0.39 is 35.1 Å². The summed E-state index contributed by atoms with van der Waals surface area (Å²) >= 11 is 0. The molecule has 0 aliphatic rings. The number of halogens is 3. The summed E-state index contributed by atoms with van der Waals surface area (Å²) in [5, 5.41) is 9.76. The number of amides is 1. The Labute approximate surface area is 220 Å². The molecule has 2 aromatic heterocycles. The van der Waals surface area contributed by atoms with Crippen molar-refractivity contribution < 1.29 is 32.6 Å². The Kier molecular flexibility index (Phi) is 7.52. The van der Waals surface area contributed by atoms with Gasteiger partial charge in [0.25, 0.3) is 11.5 Å². The molecule has 2 aromatic carbocycles. The number of anilines is 1. The van der Waals surface area contributed by atoms with Gasteiger partial charge < -0.3 is 19.3 Å². The zero-order valence-electron chi connectivity index (χ0n) is 20.8. The molecule has 1 amide bonds. The average molecular weight is 537 g/mol. The molecule has 0 aliphatic carbocycles. The molecule has 0 radical (unpaired) electrons. The maximum absolute atomic E-state index is 13.9. The van der Waals surface area contributed by atoms with Crippen LogP contribution in [0.3, 0.4) is 0 Å². The quantitative estimate of drug-likeness (QED) is 0.339. The molecule has 39 heavy (non-hydrogen) atoms. The molecule has 0 aliphatic heterocycles. The van der Waals surface area contributed by atoms with Crippen molar-refractivity contribution in [2.45, 2.75) is 19.6 Å². The van der Waals surface area contributed by atoms with Gasteiger partial charge in [0, 0.05) is 31.1 Å². The highest BCUT2D eigenvalue weighted by Crippen LogP contribution is 2.38. The summed E-state index contributed by atoms with van der Waals surface area (Å²) in [5.41, 5.74) is -0.541. The summed E-state index contributed by atoms with van der Waals surface area (Å²) in [6.45, 7) is 1.71. The van der Waals surface area contributed by atoms with Crippen LogP contribution in [0.2, 0.25) is 0 Å². The molecule has 4 rings (SSSR count). The van der Waals surface area contributed by atoms with Gasteiger partial charge in [0.2, 0.25) is 5.88 Å². The fourth-order valence-electron chi connectivity index (χ4n) is 3.81. The smallest absolute Gasteiger partial charge is 0.421 e. The number of alkyl halides is 3. The first-order valence-electron chi connectivity index (χ1n) is 11.6. The minimum Gasteiger partial charge on any atom is -0.478 e. The van der Waals surface area contributed by atoms with E-state index in [0.717, 1.165) is 28.8 Å². The van der Waals surface area contributed by atoms with Gasteiger partial charge in [-0.05, 0) is 55.0 Å². The molecule has 1 N–H and O–H groups in total. The minimum atomic E-state index is -4.85. The van der Waals surface area contributed by atoms with Crippen LogP contribution in [0.5, 0.6) is 11.6 Å². The molecule has 0 bridgehead atoms. The van der Waals surface area contributed by atoms with Crippen LogP contribution < -0.4 is 15.2 Å². The summed E-state index contributed by atoms with van der Waals surface area (Å²) in [7, 11) is 1.39. The molecule has 0 fully saturated rings. The van der Waals surface area contributed by atoms with E-state index in [1.54, 1.807) is 30.3 Å². The van der Waals surface area contributed by atoms with E-state index in [1.165, 1.54) is 42.1 Å². The Morgan fingerprint density at radius 2 is 1.77 bits per heavy atom. The number of aryl methyl sites for hydroxylation is 1. The summed E-state index contributed by atoms with van der Waals surface area (Å²) in [6, 6.07) is 15.4. The molecule has 0 unspecified atom stereocenters. The van der Waals surface area contributed by atoms with E-state index >= 15 is 0 Å². The fraction of sp³-hybridized carbons (Fsp3) is 0.143. The van der Waals surface area contributed by atoms with Crippen molar-refractivity contribution in [3.63, 3.8) is 0 Å². The molecule has 8 nitrogen and oxygen atoms in total. The lowest BCUT2D eigenvalue weighted by molar-refractivity contribution is -0.138. The Hall–Kier alpha value is -4.93. The molecule has 2 heterocycles. The van der Waals surface area contributed by atoms with Crippen molar-refractivity contribution in [3.8, 4) is 11.6 Å². The molecule has 0 atom stereocenters. The van der Waals surface area contributed by atoms with Crippen LogP contribution in [0, 0.1) is 6.92 Å². The van der Waals surface area contributed by atoms with E-state index in [-0.39, 0.29) is 29.1 Å². The number of carbonyl (C=O) groups excluding carboxylic acids is 1. The highest BCUT2D eigenvalue weighted by molar-refractivity contribution is 6.09. The number of hydrogen-bond donors (Lipinski definition) is 1. The van der Waals surface area contributed by atoms with Gasteiger partial charge >= 0.3 is 12.1 Å². The van der Waals surface area contributed by atoms with Gasteiger partial charge in [0.1, 0.15) is 11.3 Å². The van der Waals surface area contributed by atoms with Crippen LogP contribution in [0.25, 0.3) is 0 Å². The third-order valence-electron chi connectivity index (χ3n) is 5.84. The predicted octanol–water partition coefficient (Wildman–Crippen LogP) is 5.39. The number of carboxylic acid groups (broad SMARTS) is 1. The summed E-state index contributed by atoms with van der Waals surface area (Å²) in [6.07, 6.45) is -2.27. The molecular weight excluding hydrogens is 515 g/mol. The van der Waals surface area contributed by atoms with Crippen molar-refractivity contribution in [2.75, 3.05) is 11.9 Å². The van der Waals surface area contributed by atoms with Crippen molar-refractivity contribution in [1.82, 2.24) is 9.55 Å².